The number of benzene rings is 8. The van der Waals surface area contributed by atoms with Gasteiger partial charge in [-0.25, -0.2) is 15.0 Å². The average molecular weight is 740 g/mol. The Hall–Kier alpha value is -7.94. The highest BCUT2D eigenvalue weighted by molar-refractivity contribution is 6.14. The molecule has 0 radical (unpaired) electrons. The van der Waals surface area contributed by atoms with Crippen LogP contribution in [0.3, 0.4) is 0 Å². The second kappa shape index (κ2) is 13.4. The maximum absolute atomic E-state index is 9.71. The maximum Gasteiger partial charge on any atom is 0.164 e. The number of nitriles is 1. The molecule has 0 fully saturated rings. The molecule has 11 rings (SSSR count). The van der Waals surface area contributed by atoms with E-state index in [0.717, 1.165) is 33.4 Å². The summed E-state index contributed by atoms with van der Waals surface area (Å²) >= 11 is 0. The van der Waals surface area contributed by atoms with Crippen LogP contribution in [0.5, 0.6) is 0 Å². The Kier molecular flexibility index (Phi) is 7.70. The van der Waals surface area contributed by atoms with Gasteiger partial charge in [-0.3, -0.25) is 0 Å². The third-order valence-corrected chi connectivity index (χ3v) is 11.5. The van der Waals surface area contributed by atoms with Crippen LogP contribution < -0.4 is 0 Å². The Bertz CT molecular complexity index is 3200. The van der Waals surface area contributed by atoms with E-state index in [1.165, 1.54) is 44.2 Å². The highest BCUT2D eigenvalue weighted by Crippen LogP contribution is 2.59. The van der Waals surface area contributed by atoms with Crippen LogP contribution in [-0.4, -0.2) is 19.5 Å². The van der Waals surface area contributed by atoms with Crippen LogP contribution in [0.25, 0.3) is 72.8 Å². The van der Waals surface area contributed by atoms with E-state index in [2.05, 4.69) is 156 Å². The molecule has 0 unspecified atom stereocenters. The Morgan fingerprint density at radius 2 is 1.02 bits per heavy atom. The van der Waals surface area contributed by atoms with Gasteiger partial charge >= 0.3 is 0 Å². The molecule has 2 aromatic heterocycles. The molecule has 1 aliphatic rings. The summed E-state index contributed by atoms with van der Waals surface area (Å²) in [6, 6.07) is 72.4. The fourth-order valence-corrected chi connectivity index (χ4v) is 9.11. The first-order chi connectivity index (χ1) is 28.7. The molecule has 0 aliphatic heterocycles. The topological polar surface area (TPSA) is 67.4 Å². The lowest BCUT2D eigenvalue weighted by Gasteiger charge is -2.34. The summed E-state index contributed by atoms with van der Waals surface area (Å²) in [5.74, 6) is 1.63. The lowest BCUT2D eigenvalue weighted by Crippen LogP contribution is -2.29. The first kappa shape index (κ1) is 33.4. The van der Waals surface area contributed by atoms with E-state index < -0.39 is 5.41 Å². The van der Waals surface area contributed by atoms with Gasteiger partial charge in [-0.2, -0.15) is 5.26 Å². The highest BCUT2D eigenvalue weighted by atomic mass is 15.0. The largest absolute Gasteiger partial charge is 0.309 e. The van der Waals surface area contributed by atoms with E-state index in [-0.39, 0.29) is 0 Å². The number of rotatable bonds is 6. The zero-order valence-electron chi connectivity index (χ0n) is 31.3. The molecule has 2 heterocycles. The minimum atomic E-state index is -0.594. The fraction of sp³-hybridized carbons (Fsp3) is 0.0189. The first-order valence-corrected chi connectivity index (χ1v) is 19.4. The van der Waals surface area contributed by atoms with Crippen molar-refractivity contribution in [3.05, 3.63) is 228 Å². The standard InChI is InChI=1S/C53H33N5/c54-34-35-16-14-19-37(32-35)51-55-50(36-17-4-1-5-18-36)56-52(57-51)38-20-15-25-41(33-38)58-47-29-13-11-27-43(47)45-31-30-44-42-26-10-12-28-46(42)53(48(44)49(45)58,39-21-6-2-7-22-39)40-23-8-3-9-24-40/h1-33H. The van der Waals surface area contributed by atoms with Crippen molar-refractivity contribution >= 4 is 21.8 Å². The Morgan fingerprint density at radius 1 is 0.448 bits per heavy atom. The zero-order valence-corrected chi connectivity index (χ0v) is 31.3. The summed E-state index contributed by atoms with van der Waals surface area (Å²) < 4.78 is 2.44. The normalized spacial score (nSPS) is 12.6. The Morgan fingerprint density at radius 3 is 1.72 bits per heavy atom. The quantitative estimate of drug-likeness (QED) is 0.170. The van der Waals surface area contributed by atoms with Gasteiger partial charge in [0.1, 0.15) is 0 Å². The zero-order chi connectivity index (χ0) is 38.6. The van der Waals surface area contributed by atoms with Crippen molar-refractivity contribution in [3.63, 3.8) is 0 Å². The molecule has 0 bridgehead atoms. The van der Waals surface area contributed by atoms with Gasteiger partial charge in [-0.1, -0.05) is 170 Å². The monoisotopic (exact) mass is 739 g/mol. The molecular weight excluding hydrogens is 707 g/mol. The minimum Gasteiger partial charge on any atom is -0.309 e. The van der Waals surface area contributed by atoms with Crippen molar-refractivity contribution in [2.24, 2.45) is 0 Å². The maximum atomic E-state index is 9.71. The molecule has 10 aromatic rings. The predicted molar refractivity (Wildman–Crippen MR) is 232 cm³/mol. The molecule has 1 aliphatic carbocycles. The van der Waals surface area contributed by atoms with E-state index in [1.807, 2.05) is 48.5 Å². The lowest BCUT2D eigenvalue weighted by molar-refractivity contribution is 0.772. The molecule has 0 amide bonds. The van der Waals surface area contributed by atoms with E-state index in [4.69, 9.17) is 15.0 Å². The predicted octanol–water partition coefficient (Wildman–Crippen LogP) is 12.2. The van der Waals surface area contributed by atoms with Gasteiger partial charge in [-0.15, -0.1) is 0 Å². The molecular formula is C53H33N5. The number of hydrogen-bond acceptors (Lipinski definition) is 4. The number of hydrogen-bond donors (Lipinski definition) is 0. The number of nitrogens with zero attached hydrogens (tertiary/aromatic N) is 5. The van der Waals surface area contributed by atoms with E-state index in [1.54, 1.807) is 6.07 Å². The molecule has 5 heteroatoms. The first-order valence-electron chi connectivity index (χ1n) is 19.4. The number of fused-ring (bicyclic) bond motifs is 7. The van der Waals surface area contributed by atoms with Crippen LogP contribution in [0.4, 0.5) is 0 Å². The van der Waals surface area contributed by atoms with Gasteiger partial charge < -0.3 is 4.57 Å². The SMILES string of the molecule is N#Cc1cccc(-c2nc(-c3ccccc3)nc(-c3cccc(-n4c5ccccc5c5ccc6c(c54)C(c4ccccc4)(c4ccccc4)c4ccccc4-6)c3)n2)c1. The molecule has 0 spiro atoms. The Labute approximate surface area is 335 Å². The second-order valence-electron chi connectivity index (χ2n) is 14.7. The molecule has 8 aromatic carbocycles. The third-order valence-electron chi connectivity index (χ3n) is 11.5. The summed E-state index contributed by atoms with van der Waals surface area (Å²) in [5, 5.41) is 12.1. The van der Waals surface area contributed by atoms with Crippen molar-refractivity contribution in [3.8, 4) is 57.0 Å². The van der Waals surface area contributed by atoms with Crippen LogP contribution in [0, 0.1) is 11.3 Å². The highest BCUT2D eigenvalue weighted by Gasteiger charge is 2.48. The molecule has 58 heavy (non-hydrogen) atoms. The van der Waals surface area contributed by atoms with Crippen molar-refractivity contribution in [2.45, 2.75) is 5.41 Å². The second-order valence-corrected chi connectivity index (χ2v) is 14.7. The van der Waals surface area contributed by atoms with Crippen LogP contribution >= 0.6 is 0 Å². The van der Waals surface area contributed by atoms with Crippen molar-refractivity contribution in [1.82, 2.24) is 19.5 Å². The van der Waals surface area contributed by atoms with Crippen LogP contribution in [-0.2, 0) is 5.41 Å². The van der Waals surface area contributed by atoms with Crippen LogP contribution in [0.15, 0.2) is 200 Å². The number of para-hydroxylation sites is 1. The van der Waals surface area contributed by atoms with Gasteiger partial charge in [0.2, 0.25) is 0 Å². The summed E-state index contributed by atoms with van der Waals surface area (Å²) in [6.45, 7) is 0. The summed E-state index contributed by atoms with van der Waals surface area (Å²) in [7, 11) is 0. The molecule has 270 valence electrons. The van der Waals surface area contributed by atoms with Crippen molar-refractivity contribution < 1.29 is 0 Å². The fourth-order valence-electron chi connectivity index (χ4n) is 9.11. The summed E-state index contributed by atoms with van der Waals surface area (Å²) in [4.78, 5) is 15.1. The van der Waals surface area contributed by atoms with Crippen LogP contribution in [0.2, 0.25) is 0 Å². The van der Waals surface area contributed by atoms with E-state index >= 15 is 0 Å². The smallest absolute Gasteiger partial charge is 0.164 e. The van der Waals surface area contributed by atoms with Gasteiger partial charge in [0.15, 0.2) is 17.5 Å². The lowest BCUT2D eigenvalue weighted by atomic mass is 9.67. The molecule has 0 saturated carbocycles. The van der Waals surface area contributed by atoms with Crippen molar-refractivity contribution in [2.75, 3.05) is 0 Å². The van der Waals surface area contributed by atoms with Gasteiger partial charge in [0.05, 0.1) is 28.1 Å². The molecule has 0 N–H and O–H groups in total. The van der Waals surface area contributed by atoms with Crippen molar-refractivity contribution in [1.29, 1.82) is 5.26 Å². The molecule has 5 nitrogen and oxygen atoms in total. The summed E-state index contributed by atoms with van der Waals surface area (Å²) in [5.41, 5.74) is 13.2. The number of aromatic nitrogens is 4. The molecule has 0 saturated heterocycles. The van der Waals surface area contributed by atoms with Gasteiger partial charge in [0.25, 0.3) is 0 Å². The Balaban J connectivity index is 1.21. The average Bonchev–Trinajstić information content (AvgIpc) is 3.81. The van der Waals surface area contributed by atoms with E-state index in [0.29, 0.717) is 23.0 Å². The third kappa shape index (κ3) is 5.06. The molecule has 0 atom stereocenters. The minimum absolute atomic E-state index is 0.509. The van der Waals surface area contributed by atoms with Gasteiger partial charge in [0, 0.05) is 38.7 Å². The van der Waals surface area contributed by atoms with Gasteiger partial charge in [-0.05, 0) is 58.1 Å². The van der Waals surface area contributed by atoms with Crippen LogP contribution in [0.1, 0.15) is 27.8 Å². The summed E-state index contributed by atoms with van der Waals surface area (Å²) in [6.07, 6.45) is 0. The van der Waals surface area contributed by atoms with E-state index in [9.17, 15) is 5.26 Å².